The highest BCUT2D eigenvalue weighted by atomic mass is 16.5. The van der Waals surface area contributed by atoms with Crippen LogP contribution in [0.4, 0.5) is 0 Å². The van der Waals surface area contributed by atoms with E-state index in [0.717, 1.165) is 12.8 Å². The third-order valence-electron chi connectivity index (χ3n) is 3.13. The lowest BCUT2D eigenvalue weighted by Crippen LogP contribution is -2.21. The normalized spacial score (nSPS) is 11.3. The van der Waals surface area contributed by atoms with Crippen molar-refractivity contribution in [1.29, 1.82) is 0 Å². The van der Waals surface area contributed by atoms with Crippen LogP contribution in [0.25, 0.3) is 0 Å². The van der Waals surface area contributed by atoms with Crippen LogP contribution in [0.5, 0.6) is 0 Å². The molecule has 0 aromatic carbocycles. The molecule has 0 rings (SSSR count). The van der Waals surface area contributed by atoms with E-state index in [9.17, 15) is 4.79 Å². The highest BCUT2D eigenvalue weighted by Crippen LogP contribution is 2.10. The minimum absolute atomic E-state index is 0.104. The molecule has 0 heterocycles. The Bertz CT molecular complexity index is 241. The zero-order valence-electron chi connectivity index (χ0n) is 14.6. The van der Waals surface area contributed by atoms with Gasteiger partial charge < -0.3 is 14.9 Å². The molecule has 0 bridgehead atoms. The number of aliphatic hydroxyl groups excluding tert-OH is 2. The van der Waals surface area contributed by atoms with E-state index in [0.29, 0.717) is 6.42 Å². The molecule has 22 heavy (non-hydrogen) atoms. The largest absolute Gasteiger partial charge is 0.463 e. The predicted octanol–water partition coefficient (Wildman–Crippen LogP) is 4.00. The molecular formula is C18H36O4. The fourth-order valence-electron chi connectivity index (χ4n) is 1.89. The van der Waals surface area contributed by atoms with E-state index >= 15 is 0 Å². The van der Waals surface area contributed by atoms with Gasteiger partial charge in [-0.3, -0.25) is 4.79 Å². The van der Waals surface area contributed by atoms with Crippen molar-refractivity contribution >= 4 is 5.97 Å². The summed E-state index contributed by atoms with van der Waals surface area (Å²) in [5.74, 6) is -0.282. The Morgan fingerprint density at radius 1 is 1.09 bits per heavy atom. The molecule has 132 valence electrons. The van der Waals surface area contributed by atoms with Crippen LogP contribution < -0.4 is 0 Å². The summed E-state index contributed by atoms with van der Waals surface area (Å²) >= 11 is 0. The Balaban J connectivity index is 0. The second-order valence-corrected chi connectivity index (χ2v) is 5.51. The SMILES string of the molecule is C=CC.CCCCCCCCCCCC(=O)OCC(O)CO. The van der Waals surface area contributed by atoms with Gasteiger partial charge in [0.25, 0.3) is 0 Å². The molecule has 0 radical (unpaired) electrons. The Kier molecular flexibility index (Phi) is 21.4. The highest BCUT2D eigenvalue weighted by Gasteiger charge is 2.07. The smallest absolute Gasteiger partial charge is 0.305 e. The van der Waals surface area contributed by atoms with Crippen LogP contribution in [0.15, 0.2) is 12.7 Å². The molecule has 0 amide bonds. The number of carbonyl (C=O) groups excluding carboxylic acids is 1. The molecule has 4 nitrogen and oxygen atoms in total. The molecule has 1 atom stereocenters. The number of aliphatic hydroxyl groups is 2. The van der Waals surface area contributed by atoms with Crippen LogP contribution in [0.2, 0.25) is 0 Å². The van der Waals surface area contributed by atoms with Crippen molar-refractivity contribution < 1.29 is 19.7 Å². The summed E-state index contributed by atoms with van der Waals surface area (Å²) in [6.45, 7) is 7.00. The maximum absolute atomic E-state index is 11.3. The minimum atomic E-state index is -0.952. The van der Waals surface area contributed by atoms with Crippen LogP contribution in [0.3, 0.4) is 0 Å². The maximum Gasteiger partial charge on any atom is 0.305 e. The van der Waals surface area contributed by atoms with Crippen molar-refractivity contribution in [2.75, 3.05) is 13.2 Å². The van der Waals surface area contributed by atoms with Gasteiger partial charge in [-0.15, -0.1) is 6.58 Å². The second-order valence-electron chi connectivity index (χ2n) is 5.51. The van der Waals surface area contributed by atoms with Gasteiger partial charge in [0.1, 0.15) is 12.7 Å². The molecule has 4 heteroatoms. The predicted molar refractivity (Wildman–Crippen MR) is 91.8 cm³/mol. The summed E-state index contributed by atoms with van der Waals surface area (Å²) in [6, 6.07) is 0. The summed E-state index contributed by atoms with van der Waals surface area (Å²) in [5.41, 5.74) is 0. The fourth-order valence-corrected chi connectivity index (χ4v) is 1.89. The monoisotopic (exact) mass is 316 g/mol. The van der Waals surface area contributed by atoms with Gasteiger partial charge >= 0.3 is 5.97 Å². The standard InChI is InChI=1S/C15H30O4.C3H6/c1-2-3-4-5-6-7-8-9-10-11-15(18)19-13-14(17)12-16;1-3-2/h14,16-17H,2-13H2,1H3;3H,1H2,2H3. The molecule has 2 N–H and O–H groups in total. The summed E-state index contributed by atoms with van der Waals surface area (Å²) in [6.07, 6.45) is 12.1. The van der Waals surface area contributed by atoms with Gasteiger partial charge in [0.05, 0.1) is 6.61 Å². The Hall–Kier alpha value is -0.870. The molecule has 0 saturated heterocycles. The number of ether oxygens (including phenoxy) is 1. The van der Waals surface area contributed by atoms with Crippen molar-refractivity contribution in [3.8, 4) is 0 Å². The van der Waals surface area contributed by atoms with E-state index in [1.165, 1.54) is 44.9 Å². The van der Waals surface area contributed by atoms with Crippen LogP contribution >= 0.6 is 0 Å². The Labute approximate surface area is 136 Å². The van der Waals surface area contributed by atoms with Gasteiger partial charge in [0.15, 0.2) is 0 Å². The quantitative estimate of drug-likeness (QED) is 0.306. The summed E-state index contributed by atoms with van der Waals surface area (Å²) in [4.78, 5) is 11.3. The molecule has 0 aromatic heterocycles. The van der Waals surface area contributed by atoms with Crippen molar-refractivity contribution in [3.05, 3.63) is 12.7 Å². The molecule has 0 saturated carbocycles. The summed E-state index contributed by atoms with van der Waals surface area (Å²) in [7, 11) is 0. The second kappa shape index (κ2) is 20.1. The van der Waals surface area contributed by atoms with Crippen molar-refractivity contribution in [3.63, 3.8) is 0 Å². The first-order valence-corrected chi connectivity index (χ1v) is 8.63. The van der Waals surface area contributed by atoms with Crippen LogP contribution in [-0.2, 0) is 9.53 Å². The lowest BCUT2D eigenvalue weighted by Gasteiger charge is -2.08. The molecule has 0 aliphatic carbocycles. The molecule has 0 aliphatic heterocycles. The number of unbranched alkanes of at least 4 members (excludes halogenated alkanes) is 8. The lowest BCUT2D eigenvalue weighted by atomic mass is 10.1. The number of carbonyl (C=O) groups is 1. The molecule has 1 unspecified atom stereocenters. The van der Waals surface area contributed by atoms with Crippen LogP contribution in [0.1, 0.15) is 78.1 Å². The number of allylic oxidation sites excluding steroid dienone is 1. The average molecular weight is 316 g/mol. The van der Waals surface area contributed by atoms with Gasteiger partial charge in [0.2, 0.25) is 0 Å². The maximum atomic E-state index is 11.3. The molecular weight excluding hydrogens is 280 g/mol. The zero-order chi connectivity index (χ0) is 17.1. The Morgan fingerprint density at radius 2 is 1.55 bits per heavy atom. The highest BCUT2D eigenvalue weighted by molar-refractivity contribution is 5.69. The molecule has 0 aliphatic rings. The number of esters is 1. The number of rotatable bonds is 13. The third kappa shape index (κ3) is 21.4. The van der Waals surface area contributed by atoms with Gasteiger partial charge in [0, 0.05) is 6.42 Å². The van der Waals surface area contributed by atoms with E-state index in [-0.39, 0.29) is 19.2 Å². The first-order chi connectivity index (χ1) is 10.6. The van der Waals surface area contributed by atoms with Gasteiger partial charge in [-0.1, -0.05) is 64.4 Å². The summed E-state index contributed by atoms with van der Waals surface area (Å²) in [5, 5.41) is 17.6. The van der Waals surface area contributed by atoms with E-state index < -0.39 is 6.10 Å². The minimum Gasteiger partial charge on any atom is -0.463 e. The number of hydrogen-bond donors (Lipinski definition) is 2. The first kappa shape index (κ1) is 23.4. The van der Waals surface area contributed by atoms with E-state index in [1.807, 2.05) is 6.92 Å². The van der Waals surface area contributed by atoms with Crippen molar-refractivity contribution in [2.24, 2.45) is 0 Å². The van der Waals surface area contributed by atoms with E-state index in [2.05, 4.69) is 13.5 Å². The van der Waals surface area contributed by atoms with E-state index in [4.69, 9.17) is 14.9 Å². The van der Waals surface area contributed by atoms with E-state index in [1.54, 1.807) is 6.08 Å². The molecule has 0 aromatic rings. The van der Waals surface area contributed by atoms with Crippen molar-refractivity contribution in [2.45, 2.75) is 84.2 Å². The van der Waals surface area contributed by atoms with Gasteiger partial charge in [-0.2, -0.15) is 0 Å². The fraction of sp³-hybridized carbons (Fsp3) is 0.833. The van der Waals surface area contributed by atoms with Crippen molar-refractivity contribution in [1.82, 2.24) is 0 Å². The summed E-state index contributed by atoms with van der Waals surface area (Å²) < 4.78 is 4.82. The van der Waals surface area contributed by atoms with Crippen LogP contribution in [-0.4, -0.2) is 35.5 Å². The molecule has 0 fully saturated rings. The number of hydrogen-bond acceptors (Lipinski definition) is 4. The lowest BCUT2D eigenvalue weighted by molar-refractivity contribution is -0.147. The van der Waals surface area contributed by atoms with Gasteiger partial charge in [-0.05, 0) is 13.3 Å². The molecule has 0 spiro atoms. The third-order valence-corrected chi connectivity index (χ3v) is 3.13. The van der Waals surface area contributed by atoms with Crippen LogP contribution in [0, 0.1) is 0 Å². The van der Waals surface area contributed by atoms with Gasteiger partial charge in [-0.25, -0.2) is 0 Å². The zero-order valence-corrected chi connectivity index (χ0v) is 14.6. The first-order valence-electron chi connectivity index (χ1n) is 8.63. The Morgan fingerprint density at radius 3 is 2.00 bits per heavy atom. The topological polar surface area (TPSA) is 66.8 Å². The average Bonchev–Trinajstić information content (AvgIpc) is 2.51.